The van der Waals surface area contributed by atoms with Crippen LogP contribution in [0.3, 0.4) is 0 Å². The molecule has 0 aliphatic carbocycles. The highest BCUT2D eigenvalue weighted by atomic mass is 16.4. The molecule has 0 saturated carbocycles. The second kappa shape index (κ2) is 7.92. The van der Waals surface area contributed by atoms with Gasteiger partial charge < -0.3 is 25.6 Å². The molecule has 1 unspecified atom stereocenters. The minimum Gasteiger partial charge on any atom is -0.481 e. The number of hydrogen-bond acceptors (Lipinski definition) is 5. The molecule has 1 aliphatic heterocycles. The number of carbonyl (C=O) groups is 2. The number of para-hydroxylation sites is 2. The number of anilines is 1. The molecule has 1 aromatic heterocycles. The SMILES string of the molecule is CN1Cc2cc(CNCc3nc4ccccc4[nH]3)ccc2NC(CC(=O)O)C1=O. The second-order valence-electron chi connectivity index (χ2n) is 7.28. The van der Waals surface area contributed by atoms with Crippen molar-refractivity contribution in [2.24, 2.45) is 0 Å². The standard InChI is InChI=1S/C21H23N5O3/c1-26-12-14-8-13(6-7-15(14)23-18(21(26)29)9-20(27)28)10-22-11-19-24-16-4-2-3-5-17(16)25-19/h2-8,18,22-23H,9-12H2,1H3,(H,24,25)(H,27,28). The Morgan fingerprint density at radius 1 is 1.28 bits per heavy atom. The molecule has 0 fully saturated rings. The number of imidazole rings is 1. The van der Waals surface area contributed by atoms with Crippen LogP contribution < -0.4 is 10.6 Å². The van der Waals surface area contributed by atoms with Gasteiger partial charge >= 0.3 is 5.97 Å². The van der Waals surface area contributed by atoms with Crippen molar-refractivity contribution in [2.75, 3.05) is 12.4 Å². The summed E-state index contributed by atoms with van der Waals surface area (Å²) >= 11 is 0. The molecule has 4 rings (SSSR count). The summed E-state index contributed by atoms with van der Waals surface area (Å²) in [5, 5.41) is 15.5. The highest BCUT2D eigenvalue weighted by molar-refractivity contribution is 5.90. The molecule has 1 atom stereocenters. The minimum absolute atomic E-state index is 0.215. The Balaban J connectivity index is 1.43. The first-order valence-corrected chi connectivity index (χ1v) is 9.49. The van der Waals surface area contributed by atoms with Gasteiger partial charge in [-0.15, -0.1) is 0 Å². The number of aromatic amines is 1. The third-order valence-electron chi connectivity index (χ3n) is 5.02. The molecule has 0 saturated heterocycles. The molecule has 0 bridgehead atoms. The van der Waals surface area contributed by atoms with Gasteiger partial charge in [0, 0.05) is 25.8 Å². The number of H-pyrrole nitrogens is 1. The van der Waals surface area contributed by atoms with Gasteiger partial charge in [0.1, 0.15) is 11.9 Å². The van der Waals surface area contributed by atoms with Crippen LogP contribution in [0.2, 0.25) is 0 Å². The molecular weight excluding hydrogens is 370 g/mol. The monoisotopic (exact) mass is 393 g/mol. The first kappa shape index (κ1) is 18.9. The molecule has 0 radical (unpaired) electrons. The van der Waals surface area contributed by atoms with E-state index in [1.54, 1.807) is 11.9 Å². The Kier molecular flexibility index (Phi) is 5.18. The van der Waals surface area contributed by atoms with E-state index in [0.717, 1.165) is 33.7 Å². The van der Waals surface area contributed by atoms with Crippen LogP contribution in [0, 0.1) is 0 Å². The normalized spacial score (nSPS) is 16.4. The molecule has 1 amide bonds. The highest BCUT2D eigenvalue weighted by Gasteiger charge is 2.28. The summed E-state index contributed by atoms with van der Waals surface area (Å²) < 4.78 is 0. The average molecular weight is 393 g/mol. The van der Waals surface area contributed by atoms with Crippen molar-refractivity contribution in [3.63, 3.8) is 0 Å². The largest absolute Gasteiger partial charge is 0.481 e. The van der Waals surface area contributed by atoms with Crippen LogP contribution in [0.4, 0.5) is 5.69 Å². The number of nitrogens with one attached hydrogen (secondary N) is 3. The third kappa shape index (κ3) is 4.22. The van der Waals surface area contributed by atoms with Crippen LogP contribution in [-0.2, 0) is 29.2 Å². The Morgan fingerprint density at radius 2 is 2.10 bits per heavy atom. The number of amides is 1. The first-order valence-electron chi connectivity index (χ1n) is 9.49. The Hall–Kier alpha value is -3.39. The number of carboxylic acid groups (broad SMARTS) is 1. The van der Waals surface area contributed by atoms with Crippen molar-refractivity contribution < 1.29 is 14.7 Å². The maximum absolute atomic E-state index is 12.4. The third-order valence-corrected chi connectivity index (χ3v) is 5.02. The number of aromatic nitrogens is 2. The molecule has 150 valence electrons. The molecule has 3 aromatic rings. The highest BCUT2D eigenvalue weighted by Crippen LogP contribution is 2.25. The fourth-order valence-electron chi connectivity index (χ4n) is 3.61. The summed E-state index contributed by atoms with van der Waals surface area (Å²) in [6.45, 7) is 1.71. The fraction of sp³-hybridized carbons (Fsp3) is 0.286. The van der Waals surface area contributed by atoms with E-state index < -0.39 is 12.0 Å². The van der Waals surface area contributed by atoms with Gasteiger partial charge in [-0.2, -0.15) is 0 Å². The van der Waals surface area contributed by atoms with E-state index >= 15 is 0 Å². The van der Waals surface area contributed by atoms with E-state index in [4.69, 9.17) is 5.11 Å². The number of nitrogens with zero attached hydrogens (tertiary/aromatic N) is 2. The van der Waals surface area contributed by atoms with E-state index in [9.17, 15) is 9.59 Å². The van der Waals surface area contributed by atoms with Crippen molar-refractivity contribution >= 4 is 28.6 Å². The predicted molar refractivity (Wildman–Crippen MR) is 109 cm³/mol. The molecule has 0 spiro atoms. The lowest BCUT2D eigenvalue weighted by Gasteiger charge is -2.19. The van der Waals surface area contributed by atoms with E-state index in [1.807, 2.05) is 42.5 Å². The van der Waals surface area contributed by atoms with Gasteiger partial charge in [-0.1, -0.05) is 24.3 Å². The zero-order valence-electron chi connectivity index (χ0n) is 16.1. The maximum Gasteiger partial charge on any atom is 0.305 e. The van der Waals surface area contributed by atoms with Crippen LogP contribution in [-0.4, -0.2) is 44.9 Å². The molecule has 1 aliphatic rings. The van der Waals surface area contributed by atoms with Crippen LogP contribution in [0.25, 0.3) is 11.0 Å². The van der Waals surface area contributed by atoms with Crippen molar-refractivity contribution in [3.8, 4) is 0 Å². The van der Waals surface area contributed by atoms with Gasteiger partial charge in [-0.25, -0.2) is 4.98 Å². The number of rotatable bonds is 6. The smallest absolute Gasteiger partial charge is 0.305 e. The summed E-state index contributed by atoms with van der Waals surface area (Å²) in [7, 11) is 1.69. The van der Waals surface area contributed by atoms with Gasteiger partial charge in [0.25, 0.3) is 0 Å². The molecule has 2 heterocycles. The van der Waals surface area contributed by atoms with E-state index in [-0.39, 0.29) is 12.3 Å². The number of aliphatic carboxylic acids is 1. The molecule has 29 heavy (non-hydrogen) atoms. The van der Waals surface area contributed by atoms with Crippen molar-refractivity contribution in [1.82, 2.24) is 20.2 Å². The molecular formula is C21H23N5O3. The summed E-state index contributed by atoms with van der Waals surface area (Å²) in [5.41, 5.74) is 4.82. The van der Waals surface area contributed by atoms with Gasteiger partial charge in [0.05, 0.1) is 24.0 Å². The Labute approximate surface area is 167 Å². The van der Waals surface area contributed by atoms with Gasteiger partial charge in [0.15, 0.2) is 0 Å². The Bertz CT molecular complexity index is 1030. The van der Waals surface area contributed by atoms with Crippen LogP contribution in [0.15, 0.2) is 42.5 Å². The van der Waals surface area contributed by atoms with Gasteiger partial charge in [-0.3, -0.25) is 9.59 Å². The summed E-state index contributed by atoms with van der Waals surface area (Å²) in [6, 6.07) is 13.1. The lowest BCUT2D eigenvalue weighted by Crippen LogP contribution is -2.39. The van der Waals surface area contributed by atoms with Gasteiger partial charge in [0.2, 0.25) is 5.91 Å². The number of carboxylic acids is 1. The van der Waals surface area contributed by atoms with Crippen molar-refractivity contribution in [3.05, 3.63) is 59.4 Å². The van der Waals surface area contributed by atoms with E-state index in [1.165, 1.54) is 0 Å². The summed E-state index contributed by atoms with van der Waals surface area (Å²) in [6.07, 6.45) is -0.247. The van der Waals surface area contributed by atoms with Crippen LogP contribution in [0.1, 0.15) is 23.4 Å². The lowest BCUT2D eigenvalue weighted by molar-refractivity contribution is -0.141. The zero-order valence-corrected chi connectivity index (χ0v) is 16.1. The number of hydrogen-bond donors (Lipinski definition) is 4. The first-order chi connectivity index (χ1) is 14.0. The van der Waals surface area contributed by atoms with E-state index in [0.29, 0.717) is 19.6 Å². The summed E-state index contributed by atoms with van der Waals surface area (Å²) in [4.78, 5) is 32.9. The predicted octanol–water partition coefficient (Wildman–Crippen LogP) is 2.08. The van der Waals surface area contributed by atoms with Crippen LogP contribution >= 0.6 is 0 Å². The van der Waals surface area contributed by atoms with Crippen molar-refractivity contribution in [2.45, 2.75) is 32.1 Å². The number of fused-ring (bicyclic) bond motifs is 2. The lowest BCUT2D eigenvalue weighted by atomic mass is 10.1. The van der Waals surface area contributed by atoms with E-state index in [2.05, 4.69) is 20.6 Å². The molecule has 2 aromatic carbocycles. The molecule has 8 nitrogen and oxygen atoms in total. The number of carbonyl (C=O) groups excluding carboxylic acids is 1. The maximum atomic E-state index is 12.4. The Morgan fingerprint density at radius 3 is 2.90 bits per heavy atom. The second-order valence-corrected chi connectivity index (χ2v) is 7.28. The average Bonchev–Trinajstić information content (AvgIpc) is 3.06. The number of benzene rings is 2. The van der Waals surface area contributed by atoms with Gasteiger partial charge in [-0.05, 0) is 29.3 Å². The molecule has 4 N–H and O–H groups in total. The minimum atomic E-state index is -1.00. The van der Waals surface area contributed by atoms with Crippen LogP contribution in [0.5, 0.6) is 0 Å². The quantitative estimate of drug-likeness (QED) is 0.510. The fourth-order valence-corrected chi connectivity index (χ4v) is 3.61. The number of likely N-dealkylation sites (N-methyl/N-ethyl adjacent to an activating group) is 1. The van der Waals surface area contributed by atoms with Crippen molar-refractivity contribution in [1.29, 1.82) is 0 Å². The summed E-state index contributed by atoms with van der Waals surface area (Å²) in [5.74, 6) is -0.336. The zero-order chi connectivity index (χ0) is 20.4. The topological polar surface area (TPSA) is 110 Å². The molecule has 8 heteroatoms.